The summed E-state index contributed by atoms with van der Waals surface area (Å²) in [6, 6.07) is 14.8. The Balaban J connectivity index is 2.43. The van der Waals surface area contributed by atoms with Gasteiger partial charge in [-0.25, -0.2) is 0 Å². The summed E-state index contributed by atoms with van der Waals surface area (Å²) < 4.78 is 0. The van der Waals surface area contributed by atoms with Gasteiger partial charge < -0.3 is 5.73 Å². The molecule has 0 heterocycles. The first-order valence-corrected chi connectivity index (χ1v) is 6.04. The normalized spacial score (nSPS) is 10.8. The highest BCUT2D eigenvalue weighted by molar-refractivity contribution is 5.71. The van der Waals surface area contributed by atoms with Crippen molar-refractivity contribution in [1.82, 2.24) is 0 Å². The molecule has 2 aromatic carbocycles. The minimum absolute atomic E-state index is 0.575. The lowest BCUT2D eigenvalue weighted by atomic mass is 9.96. The van der Waals surface area contributed by atoms with Crippen molar-refractivity contribution in [2.24, 2.45) is 0 Å². The predicted molar refractivity (Wildman–Crippen MR) is 75.1 cm³/mol. The number of hydrogen-bond acceptors (Lipinski definition) is 1. The first kappa shape index (κ1) is 11.7. The van der Waals surface area contributed by atoms with Crippen LogP contribution in [-0.2, 0) is 0 Å². The van der Waals surface area contributed by atoms with Crippen LogP contribution >= 0.6 is 0 Å². The van der Waals surface area contributed by atoms with Crippen molar-refractivity contribution >= 4 is 5.69 Å². The van der Waals surface area contributed by atoms with E-state index in [-0.39, 0.29) is 0 Å². The van der Waals surface area contributed by atoms with Crippen LogP contribution in [-0.4, -0.2) is 0 Å². The maximum Gasteiger partial charge on any atom is 0.0320 e. The lowest BCUT2D eigenvalue weighted by Crippen LogP contribution is -1.90. The lowest BCUT2D eigenvalue weighted by Gasteiger charge is -2.10. The standard InChI is InChI=1S/C16H19N/c1-11(2)13-5-7-14(8-6-13)16-10-15(17)9-4-12(16)3/h4-11H,17H2,1-3H3. The van der Waals surface area contributed by atoms with Crippen LogP contribution in [0.25, 0.3) is 11.1 Å². The molecule has 0 aliphatic rings. The van der Waals surface area contributed by atoms with E-state index < -0.39 is 0 Å². The van der Waals surface area contributed by atoms with Crippen molar-refractivity contribution in [3.63, 3.8) is 0 Å². The highest BCUT2D eigenvalue weighted by Crippen LogP contribution is 2.27. The number of aryl methyl sites for hydroxylation is 1. The van der Waals surface area contributed by atoms with Crippen LogP contribution in [0.3, 0.4) is 0 Å². The average Bonchev–Trinajstić information content (AvgIpc) is 2.32. The lowest BCUT2D eigenvalue weighted by molar-refractivity contribution is 0.867. The summed E-state index contributed by atoms with van der Waals surface area (Å²) in [5.74, 6) is 0.575. The van der Waals surface area contributed by atoms with E-state index in [1.165, 1.54) is 22.3 Å². The Morgan fingerprint density at radius 1 is 0.941 bits per heavy atom. The van der Waals surface area contributed by atoms with Gasteiger partial charge in [-0.15, -0.1) is 0 Å². The van der Waals surface area contributed by atoms with Crippen molar-refractivity contribution in [2.75, 3.05) is 5.73 Å². The van der Waals surface area contributed by atoms with Gasteiger partial charge in [0.25, 0.3) is 0 Å². The molecule has 0 saturated heterocycles. The van der Waals surface area contributed by atoms with Crippen molar-refractivity contribution in [1.29, 1.82) is 0 Å². The van der Waals surface area contributed by atoms with Gasteiger partial charge in [-0.3, -0.25) is 0 Å². The van der Waals surface area contributed by atoms with Gasteiger partial charge in [-0.1, -0.05) is 44.2 Å². The van der Waals surface area contributed by atoms with E-state index in [2.05, 4.69) is 51.1 Å². The van der Waals surface area contributed by atoms with E-state index in [4.69, 9.17) is 5.73 Å². The first-order chi connectivity index (χ1) is 8.08. The van der Waals surface area contributed by atoms with Crippen LogP contribution in [0.5, 0.6) is 0 Å². The van der Waals surface area contributed by atoms with Crippen LogP contribution in [0.4, 0.5) is 5.69 Å². The summed E-state index contributed by atoms with van der Waals surface area (Å²) in [6.07, 6.45) is 0. The highest BCUT2D eigenvalue weighted by Gasteiger charge is 2.04. The summed E-state index contributed by atoms with van der Waals surface area (Å²) in [5, 5.41) is 0. The van der Waals surface area contributed by atoms with E-state index in [9.17, 15) is 0 Å². The largest absolute Gasteiger partial charge is 0.399 e. The molecule has 0 radical (unpaired) electrons. The molecule has 1 nitrogen and oxygen atoms in total. The number of hydrogen-bond donors (Lipinski definition) is 1. The first-order valence-electron chi connectivity index (χ1n) is 6.04. The SMILES string of the molecule is Cc1ccc(N)cc1-c1ccc(C(C)C)cc1. The third kappa shape index (κ3) is 2.50. The molecule has 0 aliphatic carbocycles. The van der Waals surface area contributed by atoms with Crippen molar-refractivity contribution in [3.05, 3.63) is 53.6 Å². The highest BCUT2D eigenvalue weighted by atomic mass is 14.5. The summed E-state index contributed by atoms with van der Waals surface area (Å²) in [7, 11) is 0. The molecule has 0 fully saturated rings. The predicted octanol–water partition coefficient (Wildman–Crippen LogP) is 4.37. The van der Waals surface area contributed by atoms with Gasteiger partial charge in [-0.2, -0.15) is 0 Å². The van der Waals surface area contributed by atoms with E-state index >= 15 is 0 Å². The number of anilines is 1. The van der Waals surface area contributed by atoms with Crippen LogP contribution in [0.2, 0.25) is 0 Å². The molecule has 0 spiro atoms. The zero-order chi connectivity index (χ0) is 12.4. The zero-order valence-electron chi connectivity index (χ0n) is 10.7. The van der Waals surface area contributed by atoms with Gasteiger partial charge in [0.05, 0.1) is 0 Å². The van der Waals surface area contributed by atoms with Crippen LogP contribution in [0, 0.1) is 6.92 Å². The Morgan fingerprint density at radius 2 is 1.59 bits per heavy atom. The van der Waals surface area contributed by atoms with Crippen LogP contribution < -0.4 is 5.73 Å². The number of rotatable bonds is 2. The Morgan fingerprint density at radius 3 is 2.18 bits per heavy atom. The summed E-state index contributed by atoms with van der Waals surface area (Å²) in [4.78, 5) is 0. The molecule has 17 heavy (non-hydrogen) atoms. The fourth-order valence-electron chi connectivity index (χ4n) is 2.00. The quantitative estimate of drug-likeness (QED) is 0.755. The topological polar surface area (TPSA) is 26.0 Å². The molecule has 0 bridgehead atoms. The van der Waals surface area contributed by atoms with Crippen LogP contribution in [0.1, 0.15) is 30.9 Å². The number of nitrogens with two attached hydrogens (primary N) is 1. The van der Waals surface area contributed by atoms with E-state index in [1.807, 2.05) is 12.1 Å². The minimum atomic E-state index is 0.575. The minimum Gasteiger partial charge on any atom is -0.399 e. The molecule has 0 aliphatic heterocycles. The maximum atomic E-state index is 5.84. The fraction of sp³-hybridized carbons (Fsp3) is 0.250. The second-order valence-corrected chi connectivity index (χ2v) is 4.85. The smallest absolute Gasteiger partial charge is 0.0320 e. The molecule has 2 N–H and O–H groups in total. The third-order valence-corrected chi connectivity index (χ3v) is 3.15. The molecule has 0 aromatic heterocycles. The number of nitrogen functional groups attached to an aromatic ring is 1. The Bertz CT molecular complexity index is 510. The molecule has 0 unspecified atom stereocenters. The van der Waals surface area contributed by atoms with Gasteiger partial charge in [-0.05, 0) is 47.2 Å². The molecular weight excluding hydrogens is 206 g/mol. The number of benzene rings is 2. The summed E-state index contributed by atoms with van der Waals surface area (Å²) >= 11 is 0. The molecule has 2 aromatic rings. The maximum absolute atomic E-state index is 5.84. The molecule has 0 saturated carbocycles. The Kier molecular flexibility index (Phi) is 3.19. The molecular formula is C16H19N. The second kappa shape index (κ2) is 4.62. The zero-order valence-corrected chi connectivity index (χ0v) is 10.7. The average molecular weight is 225 g/mol. The van der Waals surface area contributed by atoms with Gasteiger partial charge in [0.1, 0.15) is 0 Å². The summed E-state index contributed by atoms with van der Waals surface area (Å²) in [6.45, 7) is 6.53. The molecule has 0 atom stereocenters. The van der Waals surface area contributed by atoms with Crippen LogP contribution in [0.15, 0.2) is 42.5 Å². The third-order valence-electron chi connectivity index (χ3n) is 3.15. The van der Waals surface area contributed by atoms with E-state index in [1.54, 1.807) is 0 Å². The molecule has 1 heteroatoms. The monoisotopic (exact) mass is 225 g/mol. The van der Waals surface area contributed by atoms with E-state index in [0.717, 1.165) is 5.69 Å². The van der Waals surface area contributed by atoms with Gasteiger partial charge >= 0.3 is 0 Å². The summed E-state index contributed by atoms with van der Waals surface area (Å²) in [5.41, 5.74) is 11.8. The van der Waals surface area contributed by atoms with Gasteiger partial charge in [0.2, 0.25) is 0 Å². The Hall–Kier alpha value is -1.76. The molecule has 2 rings (SSSR count). The van der Waals surface area contributed by atoms with E-state index in [0.29, 0.717) is 5.92 Å². The molecule has 88 valence electrons. The van der Waals surface area contributed by atoms with Gasteiger partial charge in [0, 0.05) is 5.69 Å². The molecule has 0 amide bonds. The fourth-order valence-corrected chi connectivity index (χ4v) is 2.00. The van der Waals surface area contributed by atoms with Gasteiger partial charge in [0.15, 0.2) is 0 Å². The van der Waals surface area contributed by atoms with Crippen molar-refractivity contribution in [3.8, 4) is 11.1 Å². The van der Waals surface area contributed by atoms with Crippen molar-refractivity contribution in [2.45, 2.75) is 26.7 Å². The van der Waals surface area contributed by atoms with Crippen molar-refractivity contribution < 1.29 is 0 Å². The Labute approximate surface area is 103 Å². The second-order valence-electron chi connectivity index (χ2n) is 4.85.